The lowest BCUT2D eigenvalue weighted by atomic mass is 10.1. The maximum atomic E-state index is 6.13. The average molecular weight is 411 g/mol. The standard InChI is InChI=1S/C23H34N6O/c1-2-24-23(25-15-12-22-27-26-21-11-7-4-8-16-29(21)22)28-17-13-20(14-18-28)30-19-9-5-3-6-10-19/h3,5-6,9-10,20H,2,4,7-8,11-18H2,1H3,(H,24,25). The molecular formula is C23H34N6O. The summed E-state index contributed by atoms with van der Waals surface area (Å²) in [5.41, 5.74) is 0. The lowest BCUT2D eigenvalue weighted by molar-refractivity contribution is 0.129. The Labute approximate surface area is 179 Å². The molecule has 4 rings (SSSR count). The minimum absolute atomic E-state index is 0.276. The molecule has 0 spiro atoms. The van der Waals surface area contributed by atoms with Gasteiger partial charge in [0.25, 0.3) is 0 Å². The molecule has 0 radical (unpaired) electrons. The Kier molecular flexibility index (Phi) is 7.21. The van der Waals surface area contributed by atoms with Gasteiger partial charge in [0, 0.05) is 58.4 Å². The summed E-state index contributed by atoms with van der Waals surface area (Å²) < 4.78 is 8.45. The fraction of sp³-hybridized carbons (Fsp3) is 0.609. The van der Waals surface area contributed by atoms with Crippen LogP contribution in [0.15, 0.2) is 35.3 Å². The topological polar surface area (TPSA) is 67.6 Å². The van der Waals surface area contributed by atoms with Gasteiger partial charge in [-0.15, -0.1) is 10.2 Å². The van der Waals surface area contributed by atoms with Crippen molar-refractivity contribution in [2.45, 2.75) is 64.5 Å². The Morgan fingerprint density at radius 2 is 1.93 bits per heavy atom. The summed E-state index contributed by atoms with van der Waals surface area (Å²) in [4.78, 5) is 7.26. The SMILES string of the molecule is CCNC(=NCCc1nnc2n1CCCCC2)N1CCC(Oc2ccccc2)CC1. The van der Waals surface area contributed by atoms with Crippen molar-refractivity contribution in [1.82, 2.24) is 25.0 Å². The summed E-state index contributed by atoms with van der Waals surface area (Å²) in [6.07, 6.45) is 7.94. The van der Waals surface area contributed by atoms with Crippen molar-refractivity contribution >= 4 is 5.96 Å². The van der Waals surface area contributed by atoms with Crippen LogP contribution in [0.4, 0.5) is 0 Å². The fourth-order valence-electron chi connectivity index (χ4n) is 4.29. The summed E-state index contributed by atoms with van der Waals surface area (Å²) in [5.74, 6) is 4.20. The van der Waals surface area contributed by atoms with Gasteiger partial charge in [-0.1, -0.05) is 24.6 Å². The van der Waals surface area contributed by atoms with Crippen LogP contribution in [0.25, 0.3) is 0 Å². The molecule has 2 aromatic rings. The van der Waals surface area contributed by atoms with Gasteiger partial charge >= 0.3 is 0 Å². The van der Waals surface area contributed by atoms with Crippen molar-refractivity contribution in [1.29, 1.82) is 0 Å². The van der Waals surface area contributed by atoms with Crippen molar-refractivity contribution < 1.29 is 4.74 Å². The van der Waals surface area contributed by atoms with Crippen LogP contribution in [0.5, 0.6) is 5.75 Å². The van der Waals surface area contributed by atoms with E-state index in [1.165, 1.54) is 19.3 Å². The summed E-state index contributed by atoms with van der Waals surface area (Å²) in [7, 11) is 0. The minimum Gasteiger partial charge on any atom is -0.490 e. The summed E-state index contributed by atoms with van der Waals surface area (Å²) >= 11 is 0. The highest BCUT2D eigenvalue weighted by atomic mass is 16.5. The zero-order valence-electron chi connectivity index (χ0n) is 18.1. The number of hydrogen-bond donors (Lipinski definition) is 1. The van der Waals surface area contributed by atoms with Crippen molar-refractivity contribution in [3.8, 4) is 5.75 Å². The van der Waals surface area contributed by atoms with E-state index in [-0.39, 0.29) is 6.10 Å². The van der Waals surface area contributed by atoms with Crippen molar-refractivity contribution in [3.63, 3.8) is 0 Å². The van der Waals surface area contributed by atoms with Crippen molar-refractivity contribution in [3.05, 3.63) is 42.0 Å². The summed E-state index contributed by atoms with van der Waals surface area (Å²) in [6, 6.07) is 10.1. The third kappa shape index (κ3) is 5.32. The summed E-state index contributed by atoms with van der Waals surface area (Å²) in [6.45, 7) is 6.71. The first-order valence-corrected chi connectivity index (χ1v) is 11.5. The number of aromatic nitrogens is 3. The first kappa shape index (κ1) is 20.7. The highest BCUT2D eigenvalue weighted by Gasteiger charge is 2.23. The van der Waals surface area contributed by atoms with Gasteiger partial charge in [0.15, 0.2) is 5.96 Å². The monoisotopic (exact) mass is 410 g/mol. The predicted molar refractivity (Wildman–Crippen MR) is 119 cm³/mol. The van der Waals surface area contributed by atoms with Gasteiger partial charge in [0.05, 0.1) is 0 Å². The van der Waals surface area contributed by atoms with E-state index in [1.807, 2.05) is 30.3 Å². The molecular weight excluding hydrogens is 376 g/mol. The number of piperidine rings is 1. The maximum Gasteiger partial charge on any atom is 0.193 e. The fourth-order valence-corrected chi connectivity index (χ4v) is 4.29. The van der Waals surface area contributed by atoms with Gasteiger partial charge in [-0.3, -0.25) is 4.99 Å². The molecule has 0 bridgehead atoms. The molecule has 30 heavy (non-hydrogen) atoms. The number of para-hydroxylation sites is 1. The van der Waals surface area contributed by atoms with Crippen LogP contribution in [0, 0.1) is 0 Å². The zero-order chi connectivity index (χ0) is 20.6. The third-order valence-corrected chi connectivity index (χ3v) is 5.91. The number of guanidine groups is 1. The van der Waals surface area contributed by atoms with Gasteiger partial charge in [-0.05, 0) is 31.9 Å². The highest BCUT2D eigenvalue weighted by Crippen LogP contribution is 2.19. The highest BCUT2D eigenvalue weighted by molar-refractivity contribution is 5.80. The van der Waals surface area contributed by atoms with E-state index >= 15 is 0 Å². The number of likely N-dealkylation sites (tertiary alicyclic amines) is 1. The molecule has 162 valence electrons. The molecule has 1 saturated heterocycles. The average Bonchev–Trinajstić information content (AvgIpc) is 3.00. The Hall–Kier alpha value is -2.57. The van der Waals surface area contributed by atoms with Gasteiger partial charge in [-0.25, -0.2) is 0 Å². The van der Waals surface area contributed by atoms with E-state index in [0.717, 1.165) is 81.8 Å². The molecule has 1 N–H and O–H groups in total. The van der Waals surface area contributed by atoms with Crippen LogP contribution < -0.4 is 10.1 Å². The molecule has 1 fully saturated rings. The van der Waals surface area contributed by atoms with Crippen molar-refractivity contribution in [2.75, 3.05) is 26.2 Å². The largest absolute Gasteiger partial charge is 0.490 e. The molecule has 3 heterocycles. The lowest BCUT2D eigenvalue weighted by Gasteiger charge is -2.34. The second-order valence-corrected chi connectivity index (χ2v) is 8.10. The third-order valence-electron chi connectivity index (χ3n) is 5.91. The number of rotatable bonds is 6. The van der Waals surface area contributed by atoms with Gasteiger partial charge in [0.1, 0.15) is 23.5 Å². The van der Waals surface area contributed by atoms with Crippen LogP contribution in [0.2, 0.25) is 0 Å². The molecule has 1 aromatic heterocycles. The quantitative estimate of drug-likeness (QED) is 0.586. The van der Waals surface area contributed by atoms with Crippen LogP contribution in [0.3, 0.4) is 0 Å². The van der Waals surface area contributed by atoms with Crippen LogP contribution in [-0.2, 0) is 19.4 Å². The van der Waals surface area contributed by atoms with Gasteiger partial charge in [-0.2, -0.15) is 0 Å². The van der Waals surface area contributed by atoms with Gasteiger partial charge < -0.3 is 19.5 Å². The molecule has 0 saturated carbocycles. The summed E-state index contributed by atoms with van der Waals surface area (Å²) in [5, 5.41) is 12.3. The lowest BCUT2D eigenvalue weighted by Crippen LogP contribution is -2.47. The van der Waals surface area contributed by atoms with Crippen LogP contribution in [0.1, 0.15) is 50.7 Å². The predicted octanol–water partition coefficient (Wildman–Crippen LogP) is 3.06. The second-order valence-electron chi connectivity index (χ2n) is 8.10. The van der Waals surface area contributed by atoms with E-state index in [0.29, 0.717) is 0 Å². The molecule has 2 aliphatic heterocycles. The van der Waals surface area contributed by atoms with Crippen LogP contribution >= 0.6 is 0 Å². The van der Waals surface area contributed by atoms with E-state index < -0.39 is 0 Å². The Morgan fingerprint density at radius 1 is 1.10 bits per heavy atom. The van der Waals surface area contributed by atoms with E-state index in [1.54, 1.807) is 0 Å². The number of hydrogen-bond acceptors (Lipinski definition) is 4. The number of fused-ring (bicyclic) bond motifs is 1. The Bertz CT molecular complexity index is 810. The molecule has 0 atom stereocenters. The van der Waals surface area contributed by atoms with E-state index in [9.17, 15) is 0 Å². The smallest absolute Gasteiger partial charge is 0.193 e. The van der Waals surface area contributed by atoms with E-state index in [2.05, 4.69) is 31.9 Å². The molecule has 0 unspecified atom stereocenters. The number of aliphatic imine (C=N–C) groups is 1. The first-order chi connectivity index (χ1) is 14.8. The Morgan fingerprint density at radius 3 is 2.73 bits per heavy atom. The molecule has 2 aliphatic rings. The number of aryl methyl sites for hydroxylation is 1. The number of benzene rings is 1. The normalized spacial score (nSPS) is 18.0. The Balaban J connectivity index is 1.30. The molecule has 0 aliphatic carbocycles. The molecule has 1 aromatic carbocycles. The second kappa shape index (κ2) is 10.5. The minimum atomic E-state index is 0.276. The molecule has 0 amide bonds. The number of nitrogens with zero attached hydrogens (tertiary/aromatic N) is 5. The zero-order valence-corrected chi connectivity index (χ0v) is 18.1. The maximum absolute atomic E-state index is 6.13. The molecule has 7 nitrogen and oxygen atoms in total. The van der Waals surface area contributed by atoms with E-state index in [4.69, 9.17) is 9.73 Å². The van der Waals surface area contributed by atoms with Gasteiger partial charge in [0.2, 0.25) is 0 Å². The van der Waals surface area contributed by atoms with Crippen molar-refractivity contribution in [2.24, 2.45) is 4.99 Å². The number of nitrogens with one attached hydrogen (secondary N) is 1. The number of ether oxygens (including phenoxy) is 1. The molecule has 7 heteroatoms. The van der Waals surface area contributed by atoms with Crippen LogP contribution in [-0.4, -0.2) is 57.9 Å². The first-order valence-electron chi connectivity index (χ1n) is 11.5.